The summed E-state index contributed by atoms with van der Waals surface area (Å²) in [7, 11) is -2.87. The van der Waals surface area contributed by atoms with Crippen molar-refractivity contribution in [2.75, 3.05) is 37.7 Å². The molecule has 0 bridgehead atoms. The fourth-order valence-corrected chi connectivity index (χ4v) is 6.00. The van der Waals surface area contributed by atoms with Crippen LogP contribution >= 0.6 is 0 Å². The van der Waals surface area contributed by atoms with Crippen LogP contribution in [0.5, 0.6) is 0 Å². The molecule has 1 atom stereocenters. The monoisotopic (exact) mass is 375 g/mol. The molecule has 0 aliphatic carbocycles. The molecule has 1 aromatic carbocycles. The number of benzene rings is 1. The second-order valence-corrected chi connectivity index (χ2v) is 9.84. The molecule has 2 saturated heterocycles. The van der Waals surface area contributed by atoms with Gasteiger partial charge in [0.05, 0.1) is 11.5 Å². The Labute approximate surface area is 154 Å². The van der Waals surface area contributed by atoms with Crippen LogP contribution in [0.25, 0.3) is 10.9 Å². The molecule has 0 saturated carbocycles. The SMILES string of the molecule is Cc1cc(C)c2cc(C(=O)N3CCN(C4CCS(=O)(=O)C4)CC3)[nH]c2c1. The van der Waals surface area contributed by atoms with Gasteiger partial charge in [0.25, 0.3) is 5.91 Å². The molecule has 7 heteroatoms. The maximum absolute atomic E-state index is 12.9. The van der Waals surface area contributed by atoms with Crippen LogP contribution in [0, 0.1) is 13.8 Å². The summed E-state index contributed by atoms with van der Waals surface area (Å²) >= 11 is 0. The zero-order valence-electron chi connectivity index (χ0n) is 15.3. The predicted molar refractivity (Wildman–Crippen MR) is 102 cm³/mol. The van der Waals surface area contributed by atoms with Gasteiger partial charge in [-0.05, 0) is 43.5 Å². The van der Waals surface area contributed by atoms with Crippen LogP contribution in [-0.2, 0) is 9.84 Å². The lowest BCUT2D eigenvalue weighted by Gasteiger charge is -2.37. The molecule has 140 valence electrons. The van der Waals surface area contributed by atoms with Gasteiger partial charge in [-0.3, -0.25) is 9.69 Å². The zero-order chi connectivity index (χ0) is 18.5. The molecule has 1 N–H and O–H groups in total. The van der Waals surface area contributed by atoms with Gasteiger partial charge in [-0.1, -0.05) is 6.07 Å². The highest BCUT2D eigenvalue weighted by Crippen LogP contribution is 2.23. The molecule has 26 heavy (non-hydrogen) atoms. The Morgan fingerprint density at radius 3 is 2.50 bits per heavy atom. The molecule has 3 heterocycles. The van der Waals surface area contributed by atoms with Gasteiger partial charge in [0.15, 0.2) is 9.84 Å². The number of amides is 1. The fourth-order valence-electron chi connectivity index (χ4n) is 4.24. The molecule has 6 nitrogen and oxygen atoms in total. The first kappa shape index (κ1) is 17.5. The summed E-state index contributed by atoms with van der Waals surface area (Å²) in [4.78, 5) is 20.2. The minimum Gasteiger partial charge on any atom is -0.351 e. The summed E-state index contributed by atoms with van der Waals surface area (Å²) in [5, 5.41) is 1.09. The van der Waals surface area contributed by atoms with Gasteiger partial charge in [-0.25, -0.2) is 8.42 Å². The number of sulfone groups is 1. The quantitative estimate of drug-likeness (QED) is 0.868. The molecule has 2 aliphatic heterocycles. The lowest BCUT2D eigenvalue weighted by Crippen LogP contribution is -2.52. The van der Waals surface area contributed by atoms with Crippen LogP contribution in [0.3, 0.4) is 0 Å². The minimum atomic E-state index is -2.87. The summed E-state index contributed by atoms with van der Waals surface area (Å²) in [5.41, 5.74) is 3.98. The van der Waals surface area contributed by atoms with E-state index in [9.17, 15) is 13.2 Å². The third-order valence-electron chi connectivity index (χ3n) is 5.65. The van der Waals surface area contributed by atoms with Gasteiger partial charge in [0, 0.05) is 43.1 Å². The smallest absolute Gasteiger partial charge is 0.270 e. The van der Waals surface area contributed by atoms with Gasteiger partial charge < -0.3 is 9.88 Å². The number of hydrogen-bond donors (Lipinski definition) is 1. The number of carbonyl (C=O) groups excluding carboxylic acids is 1. The van der Waals surface area contributed by atoms with Crippen LogP contribution in [0.2, 0.25) is 0 Å². The average molecular weight is 375 g/mol. The van der Waals surface area contributed by atoms with Gasteiger partial charge in [-0.15, -0.1) is 0 Å². The third kappa shape index (κ3) is 3.25. The molecule has 1 aromatic heterocycles. The Morgan fingerprint density at radius 2 is 1.85 bits per heavy atom. The van der Waals surface area contributed by atoms with Crippen molar-refractivity contribution in [3.8, 4) is 0 Å². The van der Waals surface area contributed by atoms with Crippen LogP contribution in [0.15, 0.2) is 18.2 Å². The molecule has 1 unspecified atom stereocenters. The van der Waals surface area contributed by atoms with Crippen molar-refractivity contribution < 1.29 is 13.2 Å². The molecule has 4 rings (SSSR count). The number of aromatic amines is 1. The van der Waals surface area contributed by atoms with Crippen molar-refractivity contribution >= 4 is 26.6 Å². The van der Waals surface area contributed by atoms with Crippen LogP contribution in [0.4, 0.5) is 0 Å². The molecular formula is C19H25N3O3S. The van der Waals surface area contributed by atoms with Crippen LogP contribution < -0.4 is 0 Å². The van der Waals surface area contributed by atoms with E-state index in [0.29, 0.717) is 24.5 Å². The van der Waals surface area contributed by atoms with Crippen molar-refractivity contribution in [2.24, 2.45) is 0 Å². The molecule has 1 amide bonds. The minimum absolute atomic E-state index is 0.0250. The van der Waals surface area contributed by atoms with E-state index >= 15 is 0 Å². The molecule has 0 spiro atoms. The zero-order valence-corrected chi connectivity index (χ0v) is 16.1. The number of fused-ring (bicyclic) bond motifs is 1. The predicted octanol–water partition coefficient (Wildman–Crippen LogP) is 1.73. The summed E-state index contributed by atoms with van der Waals surface area (Å²) < 4.78 is 23.4. The highest BCUT2D eigenvalue weighted by Gasteiger charge is 2.34. The number of nitrogens with zero attached hydrogens (tertiary/aromatic N) is 2. The second kappa shape index (κ2) is 6.39. The number of carbonyl (C=O) groups is 1. The van der Waals surface area contributed by atoms with Crippen LogP contribution in [-0.4, -0.2) is 72.8 Å². The van der Waals surface area contributed by atoms with E-state index in [0.717, 1.165) is 30.4 Å². The van der Waals surface area contributed by atoms with Crippen molar-refractivity contribution in [3.63, 3.8) is 0 Å². The van der Waals surface area contributed by atoms with Gasteiger partial charge in [0.1, 0.15) is 5.69 Å². The Morgan fingerprint density at radius 1 is 1.12 bits per heavy atom. The lowest BCUT2D eigenvalue weighted by molar-refractivity contribution is 0.0583. The number of aromatic nitrogens is 1. The normalized spacial score (nSPS) is 23.6. The number of rotatable bonds is 2. The number of hydrogen-bond acceptors (Lipinski definition) is 4. The topological polar surface area (TPSA) is 73.5 Å². The van der Waals surface area contributed by atoms with E-state index in [2.05, 4.69) is 35.9 Å². The molecule has 2 aromatic rings. The van der Waals surface area contributed by atoms with Crippen molar-refractivity contribution in [3.05, 3.63) is 35.0 Å². The maximum atomic E-state index is 12.9. The number of aryl methyl sites for hydroxylation is 2. The van der Waals surface area contributed by atoms with Gasteiger partial charge >= 0.3 is 0 Å². The van der Waals surface area contributed by atoms with Crippen molar-refractivity contribution in [1.82, 2.24) is 14.8 Å². The Balaban J connectivity index is 1.45. The first-order valence-electron chi connectivity index (χ1n) is 9.16. The lowest BCUT2D eigenvalue weighted by atomic mass is 10.1. The first-order chi connectivity index (χ1) is 12.3. The molecule has 0 radical (unpaired) electrons. The average Bonchev–Trinajstić information content (AvgIpc) is 3.17. The highest BCUT2D eigenvalue weighted by molar-refractivity contribution is 7.91. The Kier molecular flexibility index (Phi) is 4.31. The molecular weight excluding hydrogens is 350 g/mol. The van der Waals surface area contributed by atoms with E-state index in [-0.39, 0.29) is 17.7 Å². The van der Waals surface area contributed by atoms with E-state index < -0.39 is 9.84 Å². The van der Waals surface area contributed by atoms with E-state index in [4.69, 9.17) is 0 Å². The summed E-state index contributed by atoms with van der Waals surface area (Å²) in [6.07, 6.45) is 0.719. The van der Waals surface area contributed by atoms with Gasteiger partial charge in [-0.2, -0.15) is 0 Å². The number of piperazine rings is 1. The van der Waals surface area contributed by atoms with Crippen LogP contribution in [0.1, 0.15) is 28.0 Å². The van der Waals surface area contributed by atoms with E-state index in [1.807, 2.05) is 11.0 Å². The highest BCUT2D eigenvalue weighted by atomic mass is 32.2. The Hall–Kier alpha value is -1.86. The Bertz CT molecular complexity index is 956. The van der Waals surface area contributed by atoms with E-state index in [1.54, 1.807) is 0 Å². The third-order valence-corrected chi connectivity index (χ3v) is 7.40. The maximum Gasteiger partial charge on any atom is 0.270 e. The van der Waals surface area contributed by atoms with Crippen molar-refractivity contribution in [2.45, 2.75) is 26.3 Å². The summed E-state index contributed by atoms with van der Waals surface area (Å²) in [6.45, 7) is 6.88. The van der Waals surface area contributed by atoms with E-state index in [1.165, 1.54) is 11.1 Å². The fraction of sp³-hybridized carbons (Fsp3) is 0.526. The van der Waals surface area contributed by atoms with Crippen molar-refractivity contribution in [1.29, 1.82) is 0 Å². The number of nitrogens with one attached hydrogen (secondary N) is 1. The summed E-state index contributed by atoms with van der Waals surface area (Å²) in [6, 6.07) is 6.26. The second-order valence-electron chi connectivity index (χ2n) is 7.61. The molecule has 2 fully saturated rings. The largest absolute Gasteiger partial charge is 0.351 e. The number of H-pyrrole nitrogens is 1. The molecule has 2 aliphatic rings. The van der Waals surface area contributed by atoms with Gasteiger partial charge in [0.2, 0.25) is 0 Å². The standard InChI is InChI=1S/C19H25N3O3S/c1-13-9-14(2)16-11-18(20-17(16)10-13)19(23)22-6-4-21(5-7-22)15-3-8-26(24,25)12-15/h9-11,15,20H,3-8,12H2,1-2H3. The summed E-state index contributed by atoms with van der Waals surface area (Å²) in [5.74, 6) is 0.587. The first-order valence-corrected chi connectivity index (χ1v) is 11.0.